The highest BCUT2D eigenvalue weighted by Gasteiger charge is 2.21. The minimum atomic E-state index is 0.537. The SMILES string of the molecule is COc1cccc(N2CC(C)NC(C)C2)c1. The van der Waals surface area contributed by atoms with E-state index in [1.54, 1.807) is 7.11 Å². The number of methoxy groups -OCH3 is 1. The van der Waals surface area contributed by atoms with Crippen molar-refractivity contribution in [2.45, 2.75) is 25.9 Å². The zero-order valence-electron chi connectivity index (χ0n) is 10.2. The Hall–Kier alpha value is -1.22. The molecule has 0 aromatic heterocycles. The van der Waals surface area contributed by atoms with E-state index in [0.29, 0.717) is 12.1 Å². The summed E-state index contributed by atoms with van der Waals surface area (Å²) >= 11 is 0. The van der Waals surface area contributed by atoms with Crippen molar-refractivity contribution in [2.24, 2.45) is 0 Å². The van der Waals surface area contributed by atoms with Crippen molar-refractivity contribution < 1.29 is 4.74 Å². The van der Waals surface area contributed by atoms with E-state index in [0.717, 1.165) is 18.8 Å². The van der Waals surface area contributed by atoms with Crippen LogP contribution in [0.4, 0.5) is 5.69 Å². The van der Waals surface area contributed by atoms with Crippen molar-refractivity contribution in [1.29, 1.82) is 0 Å². The summed E-state index contributed by atoms with van der Waals surface area (Å²) in [5.74, 6) is 0.927. The molecule has 16 heavy (non-hydrogen) atoms. The summed E-state index contributed by atoms with van der Waals surface area (Å²) in [6.07, 6.45) is 0. The van der Waals surface area contributed by atoms with Gasteiger partial charge in [0, 0.05) is 36.9 Å². The molecule has 1 saturated heterocycles. The van der Waals surface area contributed by atoms with Crippen LogP contribution in [0.25, 0.3) is 0 Å². The van der Waals surface area contributed by atoms with Gasteiger partial charge >= 0.3 is 0 Å². The lowest BCUT2D eigenvalue weighted by Crippen LogP contribution is -2.54. The third-order valence-electron chi connectivity index (χ3n) is 2.98. The van der Waals surface area contributed by atoms with E-state index in [-0.39, 0.29) is 0 Å². The van der Waals surface area contributed by atoms with Crippen LogP contribution in [0.3, 0.4) is 0 Å². The lowest BCUT2D eigenvalue weighted by Gasteiger charge is -2.37. The van der Waals surface area contributed by atoms with Crippen molar-refractivity contribution in [3.05, 3.63) is 24.3 Å². The molecule has 0 amide bonds. The lowest BCUT2D eigenvalue weighted by molar-refractivity contribution is 0.403. The van der Waals surface area contributed by atoms with E-state index in [9.17, 15) is 0 Å². The average Bonchev–Trinajstić information content (AvgIpc) is 2.28. The molecular formula is C13H20N2O. The Balaban J connectivity index is 2.16. The van der Waals surface area contributed by atoms with Gasteiger partial charge in [0.2, 0.25) is 0 Å². The molecular weight excluding hydrogens is 200 g/mol. The van der Waals surface area contributed by atoms with Crippen LogP contribution in [0.1, 0.15) is 13.8 Å². The van der Waals surface area contributed by atoms with Gasteiger partial charge in [-0.3, -0.25) is 0 Å². The monoisotopic (exact) mass is 220 g/mol. The second kappa shape index (κ2) is 4.74. The van der Waals surface area contributed by atoms with E-state index in [1.165, 1.54) is 5.69 Å². The fourth-order valence-corrected chi connectivity index (χ4v) is 2.34. The molecule has 1 aliphatic heterocycles. The van der Waals surface area contributed by atoms with Crippen molar-refractivity contribution in [3.8, 4) is 5.75 Å². The first kappa shape index (κ1) is 11.3. The summed E-state index contributed by atoms with van der Waals surface area (Å²) in [5, 5.41) is 3.53. The quantitative estimate of drug-likeness (QED) is 0.823. The fourth-order valence-electron chi connectivity index (χ4n) is 2.34. The van der Waals surface area contributed by atoms with Gasteiger partial charge in [-0.2, -0.15) is 0 Å². The number of benzene rings is 1. The van der Waals surface area contributed by atoms with Gasteiger partial charge in [0.15, 0.2) is 0 Å². The molecule has 1 N–H and O–H groups in total. The number of hydrogen-bond donors (Lipinski definition) is 1. The van der Waals surface area contributed by atoms with Gasteiger partial charge in [-0.15, -0.1) is 0 Å². The van der Waals surface area contributed by atoms with Crippen LogP contribution < -0.4 is 15.0 Å². The van der Waals surface area contributed by atoms with E-state index in [2.05, 4.69) is 36.2 Å². The molecule has 0 radical (unpaired) electrons. The van der Waals surface area contributed by atoms with Crippen molar-refractivity contribution in [1.82, 2.24) is 5.32 Å². The number of hydrogen-bond acceptors (Lipinski definition) is 3. The first-order valence-electron chi connectivity index (χ1n) is 5.84. The van der Waals surface area contributed by atoms with Crippen LogP contribution in [-0.4, -0.2) is 32.3 Å². The molecule has 3 nitrogen and oxygen atoms in total. The van der Waals surface area contributed by atoms with Gasteiger partial charge in [0.05, 0.1) is 7.11 Å². The first-order valence-corrected chi connectivity index (χ1v) is 5.84. The molecule has 0 aliphatic carbocycles. The maximum absolute atomic E-state index is 5.26. The molecule has 88 valence electrons. The maximum Gasteiger partial charge on any atom is 0.120 e. The van der Waals surface area contributed by atoms with Crippen molar-refractivity contribution in [3.63, 3.8) is 0 Å². The fraction of sp³-hybridized carbons (Fsp3) is 0.538. The third-order valence-corrected chi connectivity index (χ3v) is 2.98. The summed E-state index contributed by atoms with van der Waals surface area (Å²) in [7, 11) is 1.71. The van der Waals surface area contributed by atoms with Gasteiger partial charge < -0.3 is 15.0 Å². The minimum Gasteiger partial charge on any atom is -0.497 e. The molecule has 2 unspecified atom stereocenters. The number of nitrogens with zero attached hydrogens (tertiary/aromatic N) is 1. The Morgan fingerprint density at radius 1 is 1.25 bits per heavy atom. The number of nitrogens with one attached hydrogen (secondary N) is 1. The normalized spacial score (nSPS) is 25.6. The zero-order chi connectivity index (χ0) is 11.5. The third kappa shape index (κ3) is 2.47. The van der Waals surface area contributed by atoms with E-state index in [4.69, 9.17) is 4.74 Å². The van der Waals surface area contributed by atoms with Crippen molar-refractivity contribution >= 4 is 5.69 Å². The number of ether oxygens (including phenoxy) is 1. The van der Waals surface area contributed by atoms with E-state index < -0.39 is 0 Å². The highest BCUT2D eigenvalue weighted by Crippen LogP contribution is 2.22. The van der Waals surface area contributed by atoms with Gasteiger partial charge in [-0.25, -0.2) is 0 Å². The lowest BCUT2D eigenvalue weighted by atomic mass is 10.1. The van der Waals surface area contributed by atoms with Gasteiger partial charge in [0.1, 0.15) is 5.75 Å². The van der Waals surface area contributed by atoms with Crippen LogP contribution in [0.2, 0.25) is 0 Å². The predicted octanol–water partition coefficient (Wildman–Crippen LogP) is 1.88. The van der Waals surface area contributed by atoms with Crippen LogP contribution in [-0.2, 0) is 0 Å². The average molecular weight is 220 g/mol. The molecule has 2 rings (SSSR count). The number of rotatable bonds is 2. The Morgan fingerprint density at radius 2 is 1.94 bits per heavy atom. The largest absolute Gasteiger partial charge is 0.497 e. The zero-order valence-corrected chi connectivity index (χ0v) is 10.2. The smallest absolute Gasteiger partial charge is 0.120 e. The summed E-state index contributed by atoms with van der Waals surface area (Å²) < 4.78 is 5.26. The molecule has 0 spiro atoms. The first-order chi connectivity index (χ1) is 7.69. The number of anilines is 1. The minimum absolute atomic E-state index is 0.537. The molecule has 1 fully saturated rings. The van der Waals surface area contributed by atoms with Gasteiger partial charge in [-0.1, -0.05) is 6.07 Å². The Labute approximate surface area is 97.4 Å². The predicted molar refractivity (Wildman–Crippen MR) is 67.3 cm³/mol. The van der Waals surface area contributed by atoms with Gasteiger partial charge in [0.25, 0.3) is 0 Å². The summed E-state index contributed by atoms with van der Waals surface area (Å²) in [4.78, 5) is 2.41. The molecule has 1 aromatic rings. The van der Waals surface area contributed by atoms with Crippen LogP contribution in [0, 0.1) is 0 Å². The maximum atomic E-state index is 5.26. The van der Waals surface area contributed by atoms with E-state index >= 15 is 0 Å². The van der Waals surface area contributed by atoms with Gasteiger partial charge in [-0.05, 0) is 26.0 Å². The highest BCUT2D eigenvalue weighted by molar-refractivity contribution is 5.51. The molecule has 1 aliphatic rings. The van der Waals surface area contributed by atoms with Crippen LogP contribution in [0.5, 0.6) is 5.75 Å². The topological polar surface area (TPSA) is 24.5 Å². The number of piperazine rings is 1. The second-order valence-corrected chi connectivity index (χ2v) is 4.58. The molecule has 3 heteroatoms. The van der Waals surface area contributed by atoms with E-state index in [1.807, 2.05) is 12.1 Å². The molecule has 0 saturated carbocycles. The molecule has 0 bridgehead atoms. The summed E-state index contributed by atoms with van der Waals surface area (Å²) in [5.41, 5.74) is 1.25. The Morgan fingerprint density at radius 3 is 2.56 bits per heavy atom. The Bertz CT molecular complexity index is 344. The summed E-state index contributed by atoms with van der Waals surface area (Å²) in [6, 6.07) is 9.35. The molecule has 1 heterocycles. The second-order valence-electron chi connectivity index (χ2n) is 4.58. The van der Waals surface area contributed by atoms with Crippen LogP contribution in [0.15, 0.2) is 24.3 Å². The van der Waals surface area contributed by atoms with Crippen LogP contribution >= 0.6 is 0 Å². The van der Waals surface area contributed by atoms with Crippen molar-refractivity contribution in [2.75, 3.05) is 25.1 Å². The standard InChI is InChI=1S/C13H20N2O/c1-10-8-15(9-11(2)14-10)12-5-4-6-13(7-12)16-3/h4-7,10-11,14H,8-9H2,1-3H3. The molecule has 1 aromatic carbocycles. The highest BCUT2D eigenvalue weighted by atomic mass is 16.5. The summed E-state index contributed by atoms with van der Waals surface area (Å²) in [6.45, 7) is 6.56. The Kier molecular flexibility index (Phi) is 3.34. The molecule has 2 atom stereocenters.